The highest BCUT2D eigenvalue weighted by atomic mass is 32.2. The van der Waals surface area contributed by atoms with Gasteiger partial charge in [-0.15, -0.1) is 0 Å². The van der Waals surface area contributed by atoms with Crippen molar-refractivity contribution in [3.8, 4) is 0 Å². The maximum Gasteiger partial charge on any atom is 0.170 e. The lowest BCUT2D eigenvalue weighted by Gasteiger charge is -1.99. The maximum atomic E-state index is 12.7. The Morgan fingerprint density at radius 1 is 1.37 bits per heavy atom. The molecule has 6 heteroatoms. The Kier molecular flexibility index (Phi) is 5.04. The van der Waals surface area contributed by atoms with Crippen molar-refractivity contribution < 1.29 is 9.18 Å². The predicted octanol–water partition coefficient (Wildman–Crippen LogP) is 3.60. The molecule has 1 aromatic heterocycles. The molecule has 1 heterocycles. The average Bonchev–Trinajstić information content (AvgIpc) is 2.87. The van der Waals surface area contributed by atoms with Gasteiger partial charge in [0.2, 0.25) is 0 Å². The van der Waals surface area contributed by atoms with Gasteiger partial charge in [-0.1, -0.05) is 18.7 Å². The van der Waals surface area contributed by atoms with Gasteiger partial charge in [0.25, 0.3) is 0 Å². The normalized spacial score (nSPS) is 10.6. The van der Waals surface area contributed by atoms with Crippen LogP contribution < -0.4 is 0 Å². The van der Waals surface area contributed by atoms with Crippen LogP contribution in [0.15, 0.2) is 28.6 Å². The van der Waals surface area contributed by atoms with Gasteiger partial charge in [0, 0.05) is 24.2 Å². The number of aryl methyl sites for hydroxylation is 1. The summed E-state index contributed by atoms with van der Waals surface area (Å²) in [5.41, 5.74) is 0.550. The van der Waals surface area contributed by atoms with Crippen LogP contribution >= 0.6 is 23.3 Å². The summed E-state index contributed by atoms with van der Waals surface area (Å²) in [6.07, 6.45) is 1.24. The van der Waals surface area contributed by atoms with E-state index in [4.69, 9.17) is 0 Å². The molecule has 0 N–H and O–H groups in total. The van der Waals surface area contributed by atoms with Crippen molar-refractivity contribution >= 4 is 29.1 Å². The first kappa shape index (κ1) is 14.1. The van der Waals surface area contributed by atoms with Gasteiger partial charge >= 0.3 is 0 Å². The van der Waals surface area contributed by atoms with Gasteiger partial charge in [0.1, 0.15) is 11.6 Å². The standard InChI is InChI=1S/C13H13FN2OS2/c1-2-12-15-13(19-16-12)18-8-7-11(17)9-3-5-10(14)6-4-9/h3-6H,2,7-8H2,1H3. The van der Waals surface area contributed by atoms with Crippen molar-refractivity contribution in [3.63, 3.8) is 0 Å². The van der Waals surface area contributed by atoms with Crippen LogP contribution in [0.3, 0.4) is 0 Å². The first-order valence-electron chi connectivity index (χ1n) is 5.93. The lowest BCUT2D eigenvalue weighted by molar-refractivity contribution is 0.0989. The van der Waals surface area contributed by atoms with E-state index in [2.05, 4.69) is 9.36 Å². The van der Waals surface area contributed by atoms with Gasteiger partial charge in [-0.2, -0.15) is 4.37 Å². The van der Waals surface area contributed by atoms with Crippen LogP contribution in [-0.2, 0) is 6.42 Å². The number of hydrogen-bond donors (Lipinski definition) is 0. The fourth-order valence-corrected chi connectivity index (χ4v) is 3.16. The van der Waals surface area contributed by atoms with Gasteiger partial charge in [0.05, 0.1) is 0 Å². The van der Waals surface area contributed by atoms with Crippen LogP contribution in [0.2, 0.25) is 0 Å². The van der Waals surface area contributed by atoms with E-state index in [1.165, 1.54) is 47.6 Å². The Hall–Kier alpha value is -1.27. The van der Waals surface area contributed by atoms with Crippen molar-refractivity contribution in [3.05, 3.63) is 41.5 Å². The first-order chi connectivity index (χ1) is 9.19. The molecule has 0 bridgehead atoms. The Labute approximate surface area is 119 Å². The van der Waals surface area contributed by atoms with E-state index in [0.717, 1.165) is 16.6 Å². The van der Waals surface area contributed by atoms with Crippen molar-refractivity contribution in [2.24, 2.45) is 0 Å². The summed E-state index contributed by atoms with van der Waals surface area (Å²) in [6, 6.07) is 5.64. The number of carbonyl (C=O) groups is 1. The molecule has 1 aromatic carbocycles. The lowest BCUT2D eigenvalue weighted by atomic mass is 10.1. The zero-order chi connectivity index (χ0) is 13.7. The van der Waals surface area contributed by atoms with E-state index in [9.17, 15) is 9.18 Å². The Morgan fingerprint density at radius 3 is 2.74 bits per heavy atom. The van der Waals surface area contributed by atoms with Crippen LogP contribution in [-0.4, -0.2) is 20.9 Å². The summed E-state index contributed by atoms with van der Waals surface area (Å²) in [6.45, 7) is 2.01. The van der Waals surface area contributed by atoms with Gasteiger partial charge in [-0.25, -0.2) is 9.37 Å². The number of rotatable bonds is 6. The second kappa shape index (κ2) is 6.77. The van der Waals surface area contributed by atoms with E-state index in [1.807, 2.05) is 6.92 Å². The van der Waals surface area contributed by atoms with Gasteiger partial charge in [0.15, 0.2) is 10.1 Å². The quantitative estimate of drug-likeness (QED) is 0.603. The summed E-state index contributed by atoms with van der Waals surface area (Å²) in [5, 5.41) is 0. The molecule has 100 valence electrons. The van der Waals surface area contributed by atoms with Crippen molar-refractivity contribution in [1.29, 1.82) is 0 Å². The minimum atomic E-state index is -0.327. The predicted molar refractivity (Wildman–Crippen MR) is 75.4 cm³/mol. The van der Waals surface area contributed by atoms with Crippen LogP contribution in [0.1, 0.15) is 29.5 Å². The zero-order valence-corrected chi connectivity index (χ0v) is 12.1. The highest BCUT2D eigenvalue weighted by Gasteiger charge is 2.08. The fraction of sp³-hybridized carbons (Fsp3) is 0.308. The van der Waals surface area contributed by atoms with Gasteiger partial charge in [-0.05, 0) is 35.8 Å². The van der Waals surface area contributed by atoms with E-state index in [0.29, 0.717) is 17.7 Å². The third kappa shape index (κ3) is 4.11. The number of thioether (sulfide) groups is 1. The molecule has 0 atom stereocenters. The minimum absolute atomic E-state index is 0.0210. The number of carbonyl (C=O) groups excluding carboxylic acids is 1. The second-order valence-electron chi connectivity index (χ2n) is 3.86. The summed E-state index contributed by atoms with van der Waals surface area (Å²) in [4.78, 5) is 16.2. The fourth-order valence-electron chi connectivity index (χ4n) is 1.45. The van der Waals surface area contributed by atoms with Crippen molar-refractivity contribution in [2.45, 2.75) is 24.1 Å². The number of aromatic nitrogens is 2. The zero-order valence-electron chi connectivity index (χ0n) is 10.4. The van der Waals surface area contributed by atoms with Crippen molar-refractivity contribution in [2.75, 3.05) is 5.75 Å². The number of benzene rings is 1. The molecule has 0 aliphatic rings. The molecule has 0 spiro atoms. The molecule has 0 saturated carbocycles. The lowest BCUT2D eigenvalue weighted by Crippen LogP contribution is -2.00. The summed E-state index contributed by atoms with van der Waals surface area (Å²) >= 11 is 2.90. The summed E-state index contributed by atoms with van der Waals surface area (Å²) < 4.78 is 17.8. The maximum absolute atomic E-state index is 12.7. The highest BCUT2D eigenvalue weighted by Crippen LogP contribution is 2.21. The van der Waals surface area contributed by atoms with Crippen LogP contribution in [0.4, 0.5) is 4.39 Å². The van der Waals surface area contributed by atoms with Crippen LogP contribution in [0.5, 0.6) is 0 Å². The van der Waals surface area contributed by atoms with Gasteiger partial charge < -0.3 is 0 Å². The molecule has 0 unspecified atom stereocenters. The van der Waals surface area contributed by atoms with Crippen LogP contribution in [0, 0.1) is 5.82 Å². The van der Waals surface area contributed by atoms with E-state index >= 15 is 0 Å². The molecule has 0 aliphatic heterocycles. The monoisotopic (exact) mass is 296 g/mol. The van der Waals surface area contributed by atoms with Crippen LogP contribution in [0.25, 0.3) is 0 Å². The second-order valence-corrected chi connectivity index (χ2v) is 5.95. The molecule has 19 heavy (non-hydrogen) atoms. The van der Waals surface area contributed by atoms with E-state index < -0.39 is 0 Å². The Bertz CT molecular complexity index is 554. The largest absolute Gasteiger partial charge is 0.294 e. The Morgan fingerprint density at radius 2 is 2.11 bits per heavy atom. The smallest absolute Gasteiger partial charge is 0.170 e. The number of nitrogens with zero attached hydrogens (tertiary/aromatic N) is 2. The van der Waals surface area contributed by atoms with Gasteiger partial charge in [-0.3, -0.25) is 4.79 Å². The third-order valence-corrected chi connectivity index (χ3v) is 4.36. The average molecular weight is 296 g/mol. The SMILES string of the molecule is CCc1nsc(SCCC(=O)c2ccc(F)cc2)n1. The molecule has 2 rings (SSSR count). The topological polar surface area (TPSA) is 42.9 Å². The molecule has 2 aromatic rings. The summed E-state index contributed by atoms with van der Waals surface area (Å²) in [5.74, 6) is 1.20. The molecule has 3 nitrogen and oxygen atoms in total. The number of hydrogen-bond acceptors (Lipinski definition) is 5. The number of ketones is 1. The molecule has 0 amide bonds. The van der Waals surface area contributed by atoms with E-state index in [1.54, 1.807) is 0 Å². The Balaban J connectivity index is 1.82. The van der Waals surface area contributed by atoms with Crippen molar-refractivity contribution in [1.82, 2.24) is 9.36 Å². The molecule has 0 fully saturated rings. The minimum Gasteiger partial charge on any atom is -0.294 e. The molecule has 0 aliphatic carbocycles. The number of halogens is 1. The molecule has 0 radical (unpaired) electrons. The molecular weight excluding hydrogens is 283 g/mol. The molecular formula is C13H13FN2OS2. The van der Waals surface area contributed by atoms with E-state index in [-0.39, 0.29) is 11.6 Å². The number of Topliss-reactive ketones (excluding diaryl/α,β-unsaturated/α-hetero) is 1. The summed E-state index contributed by atoms with van der Waals surface area (Å²) in [7, 11) is 0. The highest BCUT2D eigenvalue weighted by molar-refractivity contribution is 8.00. The third-order valence-electron chi connectivity index (χ3n) is 2.49. The molecule has 0 saturated heterocycles. The first-order valence-corrected chi connectivity index (χ1v) is 7.69.